The summed E-state index contributed by atoms with van der Waals surface area (Å²) in [7, 11) is 4.33. The topological polar surface area (TPSA) is 56.9 Å². The molecule has 3 N–H and O–H groups in total. The van der Waals surface area contributed by atoms with Gasteiger partial charge in [-0.1, -0.05) is 6.07 Å². The predicted octanol–water partition coefficient (Wildman–Crippen LogP) is 1.77. The number of halogens is 1. The zero-order valence-corrected chi connectivity index (χ0v) is 16.4. The molecule has 6 heteroatoms. The summed E-state index contributed by atoms with van der Waals surface area (Å²) in [6.07, 6.45) is 3.66. The molecule has 1 aromatic carbocycles. The predicted molar refractivity (Wildman–Crippen MR) is 108 cm³/mol. The number of benzene rings is 1. The molecule has 128 valence electrons. The van der Waals surface area contributed by atoms with Crippen LogP contribution in [0, 0.1) is 0 Å². The van der Waals surface area contributed by atoms with Crippen LogP contribution in [0.4, 0.5) is 5.69 Å². The third kappa shape index (κ3) is 4.81. The highest BCUT2D eigenvalue weighted by Gasteiger charge is 2.21. The van der Waals surface area contributed by atoms with E-state index in [2.05, 4.69) is 52.4 Å². The molecule has 1 fully saturated rings. The molecule has 5 nitrogen and oxygen atoms in total. The fraction of sp³-hybridized carbons (Fsp3) is 0.588. The lowest BCUT2D eigenvalue weighted by Crippen LogP contribution is -2.51. The van der Waals surface area contributed by atoms with E-state index in [0.717, 1.165) is 31.9 Å². The van der Waals surface area contributed by atoms with Gasteiger partial charge in [0.2, 0.25) is 0 Å². The Morgan fingerprint density at radius 2 is 2.04 bits per heavy atom. The van der Waals surface area contributed by atoms with Crippen molar-refractivity contribution < 1.29 is 0 Å². The number of nitrogens with two attached hydrogens (primary N) is 1. The first-order valence-corrected chi connectivity index (χ1v) is 8.19. The van der Waals surface area contributed by atoms with E-state index in [0.29, 0.717) is 12.0 Å². The van der Waals surface area contributed by atoms with Crippen LogP contribution in [0.2, 0.25) is 0 Å². The minimum Gasteiger partial charge on any atom is -0.370 e. The average Bonchev–Trinajstić information content (AvgIpc) is 2.96. The Morgan fingerprint density at radius 1 is 1.26 bits per heavy atom. The van der Waals surface area contributed by atoms with Crippen molar-refractivity contribution in [3.63, 3.8) is 0 Å². The van der Waals surface area contributed by atoms with Gasteiger partial charge in [0.25, 0.3) is 0 Å². The van der Waals surface area contributed by atoms with Crippen LogP contribution in [-0.4, -0.2) is 62.1 Å². The molecule has 2 aliphatic rings. The molecule has 1 atom stereocenters. The molecule has 0 amide bonds. The zero-order valence-electron chi connectivity index (χ0n) is 14.1. The van der Waals surface area contributed by atoms with Crippen molar-refractivity contribution >= 4 is 35.6 Å². The van der Waals surface area contributed by atoms with Crippen LogP contribution < -0.4 is 11.1 Å². The SMILES string of the molecule is CN1CCN(C)C(CN=C(N)Nc2ccc3c(c2)CCC3)C1.I. The second-order valence-corrected chi connectivity index (χ2v) is 6.58. The van der Waals surface area contributed by atoms with Gasteiger partial charge in [0.05, 0.1) is 6.54 Å². The van der Waals surface area contributed by atoms with E-state index in [1.54, 1.807) is 0 Å². The Bertz CT molecular complexity index is 560. The molecular weight excluding hydrogens is 401 g/mol. The van der Waals surface area contributed by atoms with Crippen molar-refractivity contribution in [2.75, 3.05) is 45.6 Å². The van der Waals surface area contributed by atoms with Crippen LogP contribution >= 0.6 is 24.0 Å². The molecule has 0 aromatic heterocycles. The minimum absolute atomic E-state index is 0. The van der Waals surface area contributed by atoms with Gasteiger partial charge in [-0.15, -0.1) is 24.0 Å². The van der Waals surface area contributed by atoms with Gasteiger partial charge in [0.1, 0.15) is 0 Å². The maximum Gasteiger partial charge on any atom is 0.193 e. The Balaban J connectivity index is 0.00000192. The largest absolute Gasteiger partial charge is 0.370 e. The molecule has 23 heavy (non-hydrogen) atoms. The highest BCUT2D eigenvalue weighted by molar-refractivity contribution is 14.0. The number of anilines is 1. The summed E-state index contributed by atoms with van der Waals surface area (Å²) in [4.78, 5) is 9.26. The quantitative estimate of drug-likeness (QED) is 0.437. The smallest absolute Gasteiger partial charge is 0.193 e. The number of likely N-dealkylation sites (N-methyl/N-ethyl adjacent to an activating group) is 2. The molecule has 1 unspecified atom stereocenters. The van der Waals surface area contributed by atoms with E-state index in [1.165, 1.54) is 30.4 Å². The van der Waals surface area contributed by atoms with Crippen LogP contribution in [0.5, 0.6) is 0 Å². The van der Waals surface area contributed by atoms with Crippen molar-refractivity contribution in [1.29, 1.82) is 0 Å². The van der Waals surface area contributed by atoms with E-state index < -0.39 is 0 Å². The zero-order chi connectivity index (χ0) is 15.5. The summed E-state index contributed by atoms with van der Waals surface area (Å²) in [6, 6.07) is 6.97. The van der Waals surface area contributed by atoms with Gasteiger partial charge in [-0.05, 0) is 56.6 Å². The van der Waals surface area contributed by atoms with Crippen LogP contribution in [0.1, 0.15) is 17.5 Å². The van der Waals surface area contributed by atoms with Crippen molar-refractivity contribution in [1.82, 2.24) is 9.80 Å². The first-order chi connectivity index (χ1) is 10.6. The molecule has 0 spiro atoms. The van der Waals surface area contributed by atoms with Gasteiger partial charge >= 0.3 is 0 Å². The number of piperazine rings is 1. The number of nitrogens with zero attached hydrogens (tertiary/aromatic N) is 3. The van der Waals surface area contributed by atoms with E-state index in [-0.39, 0.29) is 24.0 Å². The fourth-order valence-corrected chi connectivity index (χ4v) is 3.34. The number of nitrogens with one attached hydrogen (secondary N) is 1. The fourth-order valence-electron chi connectivity index (χ4n) is 3.34. The number of guanidine groups is 1. The number of rotatable bonds is 3. The minimum atomic E-state index is 0. The first-order valence-electron chi connectivity index (χ1n) is 8.19. The van der Waals surface area contributed by atoms with Crippen molar-refractivity contribution in [2.45, 2.75) is 25.3 Å². The number of aliphatic imine (C=N–C) groups is 1. The Labute approximate surface area is 156 Å². The molecular formula is C17H28IN5. The van der Waals surface area contributed by atoms with Gasteiger partial charge in [-0.2, -0.15) is 0 Å². The summed E-state index contributed by atoms with van der Waals surface area (Å²) >= 11 is 0. The van der Waals surface area contributed by atoms with Gasteiger partial charge in [-0.25, -0.2) is 0 Å². The van der Waals surface area contributed by atoms with Gasteiger partial charge in [-0.3, -0.25) is 9.89 Å². The summed E-state index contributed by atoms with van der Waals surface area (Å²) in [6.45, 7) is 4.01. The average molecular weight is 429 g/mol. The maximum absolute atomic E-state index is 6.05. The third-order valence-corrected chi connectivity index (χ3v) is 4.82. The lowest BCUT2D eigenvalue weighted by atomic mass is 10.1. The first kappa shape index (κ1) is 18.5. The van der Waals surface area contributed by atoms with Crippen LogP contribution in [-0.2, 0) is 12.8 Å². The standard InChI is InChI=1S/C17H27N5.HI/c1-21-8-9-22(2)16(12-21)11-19-17(18)20-15-7-6-13-4-3-5-14(13)10-15;/h6-7,10,16H,3-5,8-9,11-12H2,1-2H3,(H3,18,19,20);1H. The second-order valence-electron chi connectivity index (χ2n) is 6.58. The van der Waals surface area contributed by atoms with E-state index in [4.69, 9.17) is 5.73 Å². The molecule has 0 saturated carbocycles. The summed E-state index contributed by atoms with van der Waals surface area (Å²) in [5, 5.41) is 3.23. The van der Waals surface area contributed by atoms with Gasteiger partial charge < -0.3 is 16.0 Å². The molecule has 1 aliphatic heterocycles. The molecule has 0 radical (unpaired) electrons. The van der Waals surface area contributed by atoms with E-state index >= 15 is 0 Å². The highest BCUT2D eigenvalue weighted by atomic mass is 127. The van der Waals surface area contributed by atoms with E-state index in [9.17, 15) is 0 Å². The Hall–Kier alpha value is -0.860. The maximum atomic E-state index is 6.05. The number of hydrogen-bond acceptors (Lipinski definition) is 3. The molecule has 3 rings (SSSR count). The van der Waals surface area contributed by atoms with Crippen LogP contribution in [0.15, 0.2) is 23.2 Å². The monoisotopic (exact) mass is 429 g/mol. The molecule has 1 aromatic rings. The summed E-state index contributed by atoms with van der Waals surface area (Å²) in [5.74, 6) is 0.513. The van der Waals surface area contributed by atoms with Crippen molar-refractivity contribution in [2.24, 2.45) is 10.7 Å². The normalized spacial score (nSPS) is 22.5. The molecule has 1 aliphatic carbocycles. The summed E-state index contributed by atoms with van der Waals surface area (Å²) < 4.78 is 0. The van der Waals surface area contributed by atoms with Crippen LogP contribution in [0.25, 0.3) is 0 Å². The molecule has 1 heterocycles. The molecule has 1 saturated heterocycles. The van der Waals surface area contributed by atoms with Crippen molar-refractivity contribution in [3.8, 4) is 0 Å². The Morgan fingerprint density at radius 3 is 2.87 bits per heavy atom. The van der Waals surface area contributed by atoms with Gasteiger partial charge in [0, 0.05) is 31.4 Å². The lowest BCUT2D eigenvalue weighted by molar-refractivity contribution is 0.119. The third-order valence-electron chi connectivity index (χ3n) is 4.82. The van der Waals surface area contributed by atoms with Gasteiger partial charge in [0.15, 0.2) is 5.96 Å². The van der Waals surface area contributed by atoms with Crippen molar-refractivity contribution in [3.05, 3.63) is 29.3 Å². The summed E-state index contributed by atoms with van der Waals surface area (Å²) in [5.41, 5.74) is 10.0. The highest BCUT2D eigenvalue weighted by Crippen LogP contribution is 2.24. The lowest BCUT2D eigenvalue weighted by Gasteiger charge is -2.36. The second kappa shape index (κ2) is 8.30. The van der Waals surface area contributed by atoms with E-state index in [1.807, 2.05) is 0 Å². The Kier molecular flexibility index (Phi) is 6.67. The number of fused-ring (bicyclic) bond motifs is 1. The number of aryl methyl sites for hydroxylation is 2. The van der Waals surface area contributed by atoms with Crippen LogP contribution in [0.3, 0.4) is 0 Å². The number of hydrogen-bond donors (Lipinski definition) is 2. The molecule has 0 bridgehead atoms.